The molecule has 5 heteroatoms. The van der Waals surface area contributed by atoms with Gasteiger partial charge in [0.1, 0.15) is 0 Å². The Labute approximate surface area is 119 Å². The first-order valence-electron chi connectivity index (χ1n) is 6.95. The van der Waals surface area contributed by atoms with Crippen molar-refractivity contribution < 1.29 is 14.3 Å². The molecule has 3 N–H and O–H groups in total. The van der Waals surface area contributed by atoms with E-state index >= 15 is 0 Å². The second kappa shape index (κ2) is 9.09. The highest BCUT2D eigenvalue weighted by molar-refractivity contribution is 6.01. The first-order valence-corrected chi connectivity index (χ1v) is 6.95. The van der Waals surface area contributed by atoms with Crippen molar-refractivity contribution in [2.75, 3.05) is 18.5 Å². The molecule has 0 saturated carbocycles. The number of hydrogen-bond acceptors (Lipinski definition) is 4. The fraction of sp³-hybridized carbons (Fsp3) is 0.467. The van der Waals surface area contributed by atoms with Gasteiger partial charge in [0.2, 0.25) is 5.91 Å². The van der Waals surface area contributed by atoms with Crippen molar-refractivity contribution in [2.45, 2.75) is 32.6 Å². The summed E-state index contributed by atoms with van der Waals surface area (Å²) < 4.78 is 4.96. The minimum atomic E-state index is -0.425. The topological polar surface area (TPSA) is 81.4 Å². The molecule has 0 atom stereocenters. The van der Waals surface area contributed by atoms with E-state index in [1.807, 2.05) is 0 Å². The SMILES string of the molecule is CCOC(=O)c1ccccc1NC(=O)CCCCCN. The van der Waals surface area contributed by atoms with E-state index in [9.17, 15) is 9.59 Å². The van der Waals surface area contributed by atoms with E-state index in [1.165, 1.54) is 0 Å². The number of para-hydroxylation sites is 1. The van der Waals surface area contributed by atoms with Crippen LogP contribution in [0.4, 0.5) is 5.69 Å². The first-order chi connectivity index (χ1) is 9.69. The first kappa shape index (κ1) is 16.2. The minimum absolute atomic E-state index is 0.0984. The van der Waals surface area contributed by atoms with Crippen molar-refractivity contribution in [2.24, 2.45) is 5.73 Å². The highest BCUT2D eigenvalue weighted by Gasteiger charge is 2.13. The molecule has 1 amide bonds. The molecule has 0 radical (unpaired) electrons. The van der Waals surface area contributed by atoms with Crippen LogP contribution in [0.1, 0.15) is 43.0 Å². The maximum Gasteiger partial charge on any atom is 0.340 e. The lowest BCUT2D eigenvalue weighted by Gasteiger charge is -2.10. The lowest BCUT2D eigenvalue weighted by Crippen LogP contribution is -2.15. The Bertz CT molecular complexity index is 446. The number of nitrogens with one attached hydrogen (secondary N) is 1. The average Bonchev–Trinajstić information content (AvgIpc) is 2.44. The van der Waals surface area contributed by atoms with Crippen LogP contribution in [0.25, 0.3) is 0 Å². The van der Waals surface area contributed by atoms with Gasteiger partial charge >= 0.3 is 5.97 Å². The number of carbonyl (C=O) groups excluding carboxylic acids is 2. The normalized spacial score (nSPS) is 10.1. The summed E-state index contributed by atoms with van der Waals surface area (Å²) in [6, 6.07) is 6.85. The Morgan fingerprint density at radius 2 is 1.95 bits per heavy atom. The number of unbranched alkanes of at least 4 members (excludes halogenated alkanes) is 2. The lowest BCUT2D eigenvalue weighted by atomic mass is 10.1. The van der Waals surface area contributed by atoms with Gasteiger partial charge in [0.25, 0.3) is 0 Å². The van der Waals surface area contributed by atoms with Gasteiger partial charge in [0.15, 0.2) is 0 Å². The number of ether oxygens (including phenoxy) is 1. The molecule has 0 heterocycles. The molecule has 0 saturated heterocycles. The number of anilines is 1. The number of hydrogen-bond donors (Lipinski definition) is 2. The number of esters is 1. The quantitative estimate of drug-likeness (QED) is 0.565. The zero-order valence-corrected chi connectivity index (χ0v) is 11.9. The van der Waals surface area contributed by atoms with Crippen molar-refractivity contribution in [1.29, 1.82) is 0 Å². The predicted octanol–water partition coefficient (Wildman–Crippen LogP) is 2.32. The zero-order chi connectivity index (χ0) is 14.8. The Kier molecular flexibility index (Phi) is 7.35. The van der Waals surface area contributed by atoms with Crippen molar-refractivity contribution in [1.82, 2.24) is 0 Å². The number of rotatable bonds is 8. The van der Waals surface area contributed by atoms with Gasteiger partial charge in [-0.15, -0.1) is 0 Å². The summed E-state index contributed by atoms with van der Waals surface area (Å²) >= 11 is 0. The highest BCUT2D eigenvalue weighted by atomic mass is 16.5. The molecule has 0 aliphatic rings. The molecular weight excluding hydrogens is 256 g/mol. The minimum Gasteiger partial charge on any atom is -0.462 e. The van der Waals surface area contributed by atoms with E-state index in [4.69, 9.17) is 10.5 Å². The third-order valence-corrected chi connectivity index (χ3v) is 2.80. The van der Waals surface area contributed by atoms with Crippen LogP contribution in [0, 0.1) is 0 Å². The van der Waals surface area contributed by atoms with Crippen LogP contribution in [-0.2, 0) is 9.53 Å². The monoisotopic (exact) mass is 278 g/mol. The average molecular weight is 278 g/mol. The molecule has 1 rings (SSSR count). The maximum atomic E-state index is 11.8. The molecule has 1 aromatic rings. The van der Waals surface area contributed by atoms with Crippen molar-refractivity contribution in [3.8, 4) is 0 Å². The molecule has 0 unspecified atom stereocenters. The van der Waals surface area contributed by atoms with Crippen LogP contribution in [0.5, 0.6) is 0 Å². The fourth-order valence-electron chi connectivity index (χ4n) is 1.80. The molecule has 0 fully saturated rings. The van der Waals surface area contributed by atoms with Crippen LogP contribution >= 0.6 is 0 Å². The van der Waals surface area contributed by atoms with Crippen molar-refractivity contribution >= 4 is 17.6 Å². The van der Waals surface area contributed by atoms with Gasteiger partial charge in [0, 0.05) is 6.42 Å². The Morgan fingerprint density at radius 3 is 2.65 bits per heavy atom. The Hall–Kier alpha value is -1.88. The third-order valence-electron chi connectivity index (χ3n) is 2.80. The van der Waals surface area contributed by atoms with E-state index in [2.05, 4.69) is 5.32 Å². The van der Waals surface area contributed by atoms with Crippen LogP contribution in [-0.4, -0.2) is 25.0 Å². The van der Waals surface area contributed by atoms with Crippen molar-refractivity contribution in [3.63, 3.8) is 0 Å². The third kappa shape index (κ3) is 5.40. The molecule has 5 nitrogen and oxygen atoms in total. The van der Waals surface area contributed by atoms with E-state index in [1.54, 1.807) is 31.2 Å². The largest absolute Gasteiger partial charge is 0.462 e. The molecular formula is C15H22N2O3. The molecule has 0 bridgehead atoms. The highest BCUT2D eigenvalue weighted by Crippen LogP contribution is 2.17. The van der Waals surface area contributed by atoms with Gasteiger partial charge in [-0.2, -0.15) is 0 Å². The summed E-state index contributed by atoms with van der Waals surface area (Å²) in [7, 11) is 0. The van der Waals surface area contributed by atoms with Gasteiger partial charge in [-0.1, -0.05) is 18.6 Å². The summed E-state index contributed by atoms with van der Waals surface area (Å²) in [5, 5.41) is 2.76. The summed E-state index contributed by atoms with van der Waals surface area (Å²) in [5.74, 6) is -0.523. The van der Waals surface area contributed by atoms with Crippen LogP contribution in [0.2, 0.25) is 0 Å². The van der Waals surface area contributed by atoms with Gasteiger partial charge in [-0.3, -0.25) is 4.79 Å². The van der Waals surface area contributed by atoms with Crippen LogP contribution < -0.4 is 11.1 Å². The zero-order valence-electron chi connectivity index (χ0n) is 11.9. The molecule has 0 aliphatic carbocycles. The molecule has 110 valence electrons. The number of carbonyl (C=O) groups is 2. The van der Waals surface area contributed by atoms with Gasteiger partial charge in [-0.25, -0.2) is 4.79 Å². The number of amides is 1. The Balaban J connectivity index is 2.58. The summed E-state index contributed by atoms with van der Waals surface area (Å²) in [6.45, 7) is 2.70. The standard InChI is InChI=1S/C15H22N2O3/c1-2-20-15(19)12-8-5-6-9-13(12)17-14(18)10-4-3-7-11-16/h5-6,8-9H,2-4,7,10-11,16H2,1H3,(H,17,18). The van der Waals surface area contributed by atoms with Gasteiger partial charge in [0.05, 0.1) is 17.9 Å². The molecule has 1 aromatic carbocycles. The molecule has 0 aliphatic heterocycles. The second-order valence-corrected chi connectivity index (χ2v) is 4.41. The van der Waals surface area contributed by atoms with Gasteiger partial charge < -0.3 is 15.8 Å². The van der Waals surface area contributed by atoms with E-state index in [0.29, 0.717) is 30.8 Å². The maximum absolute atomic E-state index is 11.8. The van der Waals surface area contributed by atoms with E-state index < -0.39 is 5.97 Å². The van der Waals surface area contributed by atoms with Crippen molar-refractivity contribution in [3.05, 3.63) is 29.8 Å². The molecule has 20 heavy (non-hydrogen) atoms. The predicted molar refractivity (Wildman–Crippen MR) is 78.6 cm³/mol. The van der Waals surface area contributed by atoms with Crippen LogP contribution in [0.3, 0.4) is 0 Å². The van der Waals surface area contributed by atoms with E-state index in [-0.39, 0.29) is 5.91 Å². The lowest BCUT2D eigenvalue weighted by molar-refractivity contribution is -0.116. The number of nitrogens with two attached hydrogens (primary N) is 1. The second-order valence-electron chi connectivity index (χ2n) is 4.41. The smallest absolute Gasteiger partial charge is 0.340 e. The molecule has 0 spiro atoms. The number of benzene rings is 1. The summed E-state index contributed by atoms with van der Waals surface area (Å²) in [5.41, 5.74) is 6.27. The summed E-state index contributed by atoms with van der Waals surface area (Å²) in [4.78, 5) is 23.6. The summed E-state index contributed by atoms with van der Waals surface area (Å²) in [6.07, 6.45) is 3.08. The Morgan fingerprint density at radius 1 is 1.20 bits per heavy atom. The molecule has 0 aromatic heterocycles. The van der Waals surface area contributed by atoms with Gasteiger partial charge in [-0.05, 0) is 38.4 Å². The fourth-order valence-corrected chi connectivity index (χ4v) is 1.80. The van der Waals surface area contributed by atoms with Crippen LogP contribution in [0.15, 0.2) is 24.3 Å². The van der Waals surface area contributed by atoms with E-state index in [0.717, 1.165) is 19.3 Å².